The Morgan fingerprint density at radius 2 is 2.33 bits per heavy atom. The summed E-state index contributed by atoms with van der Waals surface area (Å²) in [4.78, 5) is 12.2. The van der Waals surface area contributed by atoms with Crippen molar-refractivity contribution in [1.82, 2.24) is 20.4 Å². The van der Waals surface area contributed by atoms with Gasteiger partial charge in [0.15, 0.2) is 5.69 Å². The first-order chi connectivity index (χ1) is 8.75. The van der Waals surface area contributed by atoms with Gasteiger partial charge in [-0.15, -0.1) is 0 Å². The second-order valence-corrected chi connectivity index (χ2v) is 4.65. The fourth-order valence-corrected chi connectivity index (χ4v) is 2.41. The Balaban J connectivity index is 1.91. The summed E-state index contributed by atoms with van der Waals surface area (Å²) in [7, 11) is 1.86. The van der Waals surface area contributed by atoms with Gasteiger partial charge in [0.05, 0.1) is 5.52 Å². The van der Waals surface area contributed by atoms with Crippen LogP contribution in [0, 0.1) is 0 Å². The molecule has 2 N–H and O–H groups in total. The summed E-state index contributed by atoms with van der Waals surface area (Å²) in [6.45, 7) is 1.81. The van der Waals surface area contributed by atoms with E-state index in [1.165, 1.54) is 0 Å². The number of carbonyl (C=O) groups is 1. The third-order valence-corrected chi connectivity index (χ3v) is 3.37. The molecule has 1 fully saturated rings. The fraction of sp³-hybridized carbons (Fsp3) is 0.385. The van der Waals surface area contributed by atoms with E-state index in [1.54, 1.807) is 4.68 Å². The van der Waals surface area contributed by atoms with Gasteiger partial charge >= 0.3 is 0 Å². The van der Waals surface area contributed by atoms with Gasteiger partial charge in [0.25, 0.3) is 5.91 Å². The zero-order chi connectivity index (χ0) is 12.5. The second-order valence-electron chi connectivity index (χ2n) is 4.65. The minimum Gasteiger partial charge on any atom is -0.347 e. The summed E-state index contributed by atoms with van der Waals surface area (Å²) in [5.74, 6) is -0.0829. The van der Waals surface area contributed by atoms with Gasteiger partial charge in [0.1, 0.15) is 0 Å². The highest BCUT2D eigenvalue weighted by Crippen LogP contribution is 2.17. The Morgan fingerprint density at radius 1 is 1.50 bits per heavy atom. The van der Waals surface area contributed by atoms with E-state index < -0.39 is 0 Å². The summed E-state index contributed by atoms with van der Waals surface area (Å²) in [6, 6.07) is 8.00. The molecule has 2 heterocycles. The van der Waals surface area contributed by atoms with Crippen molar-refractivity contribution in [3.8, 4) is 0 Å². The number of fused-ring (bicyclic) bond motifs is 1. The summed E-state index contributed by atoms with van der Waals surface area (Å²) in [5.41, 5.74) is 1.49. The lowest BCUT2D eigenvalue weighted by Crippen LogP contribution is -2.36. The van der Waals surface area contributed by atoms with Gasteiger partial charge < -0.3 is 10.6 Å². The maximum absolute atomic E-state index is 12.2. The Hall–Kier alpha value is -1.88. The van der Waals surface area contributed by atoms with Crippen molar-refractivity contribution in [2.45, 2.75) is 12.5 Å². The highest BCUT2D eigenvalue weighted by Gasteiger charge is 2.21. The van der Waals surface area contributed by atoms with Crippen molar-refractivity contribution < 1.29 is 4.79 Å². The van der Waals surface area contributed by atoms with E-state index in [1.807, 2.05) is 31.3 Å². The van der Waals surface area contributed by atoms with Gasteiger partial charge in [-0.25, -0.2) is 0 Å². The molecule has 5 nitrogen and oxygen atoms in total. The molecule has 0 aliphatic carbocycles. The standard InChI is InChI=1S/C13H16N4O/c1-17-11-5-3-2-4-10(11)12(16-17)13(18)15-9-6-7-14-8-9/h2-5,9,14H,6-8H2,1H3,(H,15,18)/t9-/m1/s1. The Bertz CT molecular complexity index is 584. The second kappa shape index (κ2) is 4.42. The minimum atomic E-state index is -0.0829. The van der Waals surface area contributed by atoms with Crippen LogP contribution in [0.25, 0.3) is 10.9 Å². The molecule has 0 bridgehead atoms. The average Bonchev–Trinajstić information content (AvgIpc) is 2.98. The molecule has 3 rings (SSSR count). The average molecular weight is 244 g/mol. The molecule has 1 aromatic carbocycles. The molecule has 1 aliphatic rings. The van der Waals surface area contributed by atoms with Crippen molar-refractivity contribution >= 4 is 16.8 Å². The van der Waals surface area contributed by atoms with Crippen LogP contribution in [0.1, 0.15) is 16.9 Å². The van der Waals surface area contributed by atoms with Crippen LogP contribution in [-0.4, -0.2) is 34.8 Å². The quantitative estimate of drug-likeness (QED) is 0.816. The molecule has 5 heteroatoms. The molecule has 1 atom stereocenters. The van der Waals surface area contributed by atoms with E-state index in [0.717, 1.165) is 30.4 Å². The summed E-state index contributed by atoms with van der Waals surface area (Å²) in [5, 5.41) is 11.5. The number of hydrogen-bond acceptors (Lipinski definition) is 3. The van der Waals surface area contributed by atoms with Crippen LogP contribution >= 0.6 is 0 Å². The fourth-order valence-electron chi connectivity index (χ4n) is 2.41. The van der Waals surface area contributed by atoms with Gasteiger partial charge in [-0.3, -0.25) is 9.48 Å². The third kappa shape index (κ3) is 1.86. The largest absolute Gasteiger partial charge is 0.347 e. The number of hydrogen-bond donors (Lipinski definition) is 2. The van der Waals surface area contributed by atoms with Crippen LogP contribution in [-0.2, 0) is 7.05 Å². The predicted octanol–water partition coefficient (Wildman–Crippen LogP) is 0.665. The smallest absolute Gasteiger partial charge is 0.272 e. The van der Waals surface area contributed by atoms with Crippen LogP contribution in [0.4, 0.5) is 0 Å². The highest BCUT2D eigenvalue weighted by molar-refractivity contribution is 6.04. The highest BCUT2D eigenvalue weighted by atomic mass is 16.2. The number of aryl methyl sites for hydroxylation is 1. The summed E-state index contributed by atoms with van der Waals surface area (Å²) in [6.07, 6.45) is 0.983. The van der Waals surface area contributed by atoms with Crippen LogP contribution in [0.5, 0.6) is 0 Å². The van der Waals surface area contributed by atoms with E-state index in [9.17, 15) is 4.79 Å². The predicted molar refractivity (Wildman–Crippen MR) is 69.5 cm³/mol. The van der Waals surface area contributed by atoms with E-state index in [0.29, 0.717) is 5.69 Å². The lowest BCUT2D eigenvalue weighted by molar-refractivity contribution is 0.0936. The number of amides is 1. The monoisotopic (exact) mass is 244 g/mol. The molecule has 0 radical (unpaired) electrons. The lowest BCUT2D eigenvalue weighted by atomic mass is 10.2. The number of nitrogens with zero attached hydrogens (tertiary/aromatic N) is 2. The molecule has 0 spiro atoms. The van der Waals surface area contributed by atoms with Gasteiger partial charge in [-0.2, -0.15) is 5.10 Å². The first-order valence-electron chi connectivity index (χ1n) is 6.19. The zero-order valence-electron chi connectivity index (χ0n) is 10.3. The number of rotatable bonds is 2. The molecular formula is C13H16N4O. The molecule has 1 aliphatic heterocycles. The molecule has 2 aromatic rings. The summed E-state index contributed by atoms with van der Waals surface area (Å²) < 4.78 is 1.75. The first-order valence-corrected chi connectivity index (χ1v) is 6.19. The number of aromatic nitrogens is 2. The molecule has 1 amide bonds. The molecule has 94 valence electrons. The molecule has 0 saturated carbocycles. The Labute approximate surface area is 105 Å². The number of carbonyl (C=O) groups excluding carboxylic acids is 1. The lowest BCUT2D eigenvalue weighted by Gasteiger charge is -2.09. The van der Waals surface area contributed by atoms with Crippen LogP contribution in [0.3, 0.4) is 0 Å². The van der Waals surface area contributed by atoms with Crippen molar-refractivity contribution in [1.29, 1.82) is 0 Å². The molecule has 0 unspecified atom stereocenters. The van der Waals surface area contributed by atoms with Crippen LogP contribution in [0.15, 0.2) is 24.3 Å². The number of para-hydroxylation sites is 1. The maximum Gasteiger partial charge on any atom is 0.272 e. The van der Waals surface area contributed by atoms with E-state index in [4.69, 9.17) is 0 Å². The van der Waals surface area contributed by atoms with Crippen molar-refractivity contribution in [3.63, 3.8) is 0 Å². The van der Waals surface area contributed by atoms with Gasteiger partial charge in [0, 0.05) is 25.0 Å². The number of benzene rings is 1. The maximum atomic E-state index is 12.2. The van der Waals surface area contributed by atoms with E-state index >= 15 is 0 Å². The number of nitrogens with one attached hydrogen (secondary N) is 2. The van der Waals surface area contributed by atoms with E-state index in [2.05, 4.69) is 15.7 Å². The van der Waals surface area contributed by atoms with Crippen molar-refractivity contribution in [3.05, 3.63) is 30.0 Å². The zero-order valence-corrected chi connectivity index (χ0v) is 10.3. The SMILES string of the molecule is Cn1nc(C(=O)N[C@@H]2CCNC2)c2ccccc21. The van der Waals surface area contributed by atoms with Crippen LogP contribution < -0.4 is 10.6 Å². The van der Waals surface area contributed by atoms with E-state index in [-0.39, 0.29) is 11.9 Å². The van der Waals surface area contributed by atoms with Gasteiger partial charge in [0.2, 0.25) is 0 Å². The third-order valence-electron chi connectivity index (χ3n) is 3.37. The Kier molecular flexibility index (Phi) is 2.76. The normalized spacial score (nSPS) is 19.3. The molecule has 1 saturated heterocycles. The minimum absolute atomic E-state index is 0.0829. The van der Waals surface area contributed by atoms with Crippen molar-refractivity contribution in [2.75, 3.05) is 13.1 Å². The molecule has 18 heavy (non-hydrogen) atoms. The van der Waals surface area contributed by atoms with Crippen molar-refractivity contribution in [2.24, 2.45) is 7.05 Å². The summed E-state index contributed by atoms with van der Waals surface area (Å²) >= 11 is 0. The molecular weight excluding hydrogens is 228 g/mol. The topological polar surface area (TPSA) is 59.0 Å². The first kappa shape index (κ1) is 11.2. The van der Waals surface area contributed by atoms with Gasteiger partial charge in [-0.1, -0.05) is 18.2 Å². The van der Waals surface area contributed by atoms with Crippen LogP contribution in [0.2, 0.25) is 0 Å². The van der Waals surface area contributed by atoms with Gasteiger partial charge in [-0.05, 0) is 19.0 Å². The Morgan fingerprint density at radius 3 is 3.11 bits per heavy atom. The molecule has 1 aromatic heterocycles.